The molecule has 0 amide bonds. The number of aryl methyl sites for hydroxylation is 1. The van der Waals surface area contributed by atoms with Crippen LogP contribution in [0.15, 0.2) is 115 Å². The van der Waals surface area contributed by atoms with Crippen molar-refractivity contribution in [3.63, 3.8) is 0 Å². The summed E-state index contributed by atoms with van der Waals surface area (Å²) in [6.45, 7) is 1.80. The van der Waals surface area contributed by atoms with Crippen LogP contribution in [0.5, 0.6) is 0 Å². The molecule has 0 radical (unpaired) electrons. The van der Waals surface area contributed by atoms with Crippen LogP contribution in [0.2, 0.25) is 0 Å². The summed E-state index contributed by atoms with van der Waals surface area (Å²) < 4.78 is 0. The fraction of sp³-hybridized carbons (Fsp3) is 0.147. The summed E-state index contributed by atoms with van der Waals surface area (Å²) in [5.41, 5.74) is 7.67. The Bertz CT molecular complexity index is 1480. The van der Waals surface area contributed by atoms with Crippen molar-refractivity contribution in [2.75, 3.05) is 0 Å². The van der Waals surface area contributed by atoms with Crippen molar-refractivity contribution in [3.8, 4) is 20.9 Å². The van der Waals surface area contributed by atoms with Crippen LogP contribution in [-0.4, -0.2) is 10.9 Å². The van der Waals surface area contributed by atoms with Gasteiger partial charge in [-0.05, 0) is 65.3 Å². The van der Waals surface area contributed by atoms with E-state index < -0.39 is 6.10 Å². The van der Waals surface area contributed by atoms with E-state index >= 15 is 0 Å². The zero-order chi connectivity index (χ0) is 25.6. The second-order valence-corrected chi connectivity index (χ2v) is 10.5. The van der Waals surface area contributed by atoms with E-state index in [1.165, 1.54) is 32.0 Å². The van der Waals surface area contributed by atoms with Gasteiger partial charge in [0.25, 0.3) is 0 Å². The molecule has 0 saturated heterocycles. The largest absolute Gasteiger partial charge is 0.389 e. The Balaban J connectivity index is 1.26. The van der Waals surface area contributed by atoms with Gasteiger partial charge < -0.3 is 5.11 Å². The summed E-state index contributed by atoms with van der Waals surface area (Å²) in [5.74, 6) is 0.179. The normalized spacial score (nSPS) is 11.8. The third-order valence-electron chi connectivity index (χ3n) is 6.63. The average molecular weight is 503 g/mol. The average Bonchev–Trinajstić information content (AvgIpc) is 3.43. The third-order valence-corrected chi connectivity index (χ3v) is 7.82. The number of thiophene rings is 1. The summed E-state index contributed by atoms with van der Waals surface area (Å²) in [6, 6.07) is 39.3. The van der Waals surface area contributed by atoms with Crippen LogP contribution in [0.25, 0.3) is 20.9 Å². The molecule has 1 atom stereocenters. The molecular weight excluding hydrogens is 472 g/mol. The first kappa shape index (κ1) is 24.9. The lowest BCUT2D eigenvalue weighted by atomic mass is 9.99. The minimum Gasteiger partial charge on any atom is -0.389 e. The molecule has 1 aromatic heterocycles. The molecule has 0 aliphatic carbocycles. The van der Waals surface area contributed by atoms with Crippen LogP contribution in [0.1, 0.15) is 52.1 Å². The molecule has 5 rings (SSSR count). The van der Waals surface area contributed by atoms with Gasteiger partial charge in [-0.3, -0.25) is 4.79 Å². The van der Waals surface area contributed by atoms with Crippen molar-refractivity contribution in [2.45, 2.75) is 32.3 Å². The predicted molar refractivity (Wildman–Crippen MR) is 154 cm³/mol. The van der Waals surface area contributed by atoms with Gasteiger partial charge in [0.1, 0.15) is 0 Å². The highest BCUT2D eigenvalue weighted by Gasteiger charge is 2.10. The van der Waals surface area contributed by atoms with Crippen molar-refractivity contribution in [1.29, 1.82) is 0 Å². The van der Waals surface area contributed by atoms with Gasteiger partial charge in [0.15, 0.2) is 5.78 Å². The monoisotopic (exact) mass is 502 g/mol. The number of carbonyl (C=O) groups is 1. The first-order chi connectivity index (χ1) is 18.0. The van der Waals surface area contributed by atoms with Crippen LogP contribution in [0.4, 0.5) is 0 Å². The maximum Gasteiger partial charge on any atom is 0.163 e. The highest BCUT2D eigenvalue weighted by Crippen LogP contribution is 2.35. The van der Waals surface area contributed by atoms with Gasteiger partial charge in [-0.15, -0.1) is 11.3 Å². The number of ketones is 1. The standard InChI is InChI=1S/C34H30O2S/c1-24(35)30-11-5-9-26(22-30)21-27-10-6-12-31(23-27)34-20-19-33(37-34)29-16-14-28(15-17-29)32(36)18-13-25-7-3-2-4-8-25/h2-12,14-17,19-20,22-24,35H,13,18,21H2,1H3. The maximum absolute atomic E-state index is 12.7. The first-order valence-electron chi connectivity index (χ1n) is 12.7. The first-order valence-corrected chi connectivity index (χ1v) is 13.5. The van der Waals surface area contributed by atoms with Gasteiger partial charge in [-0.2, -0.15) is 0 Å². The summed E-state index contributed by atoms with van der Waals surface area (Å²) in [7, 11) is 0. The van der Waals surface area contributed by atoms with Crippen LogP contribution in [0.3, 0.4) is 0 Å². The zero-order valence-electron chi connectivity index (χ0n) is 20.9. The summed E-state index contributed by atoms with van der Waals surface area (Å²) in [5, 5.41) is 9.90. The fourth-order valence-electron chi connectivity index (χ4n) is 4.55. The SMILES string of the molecule is CC(O)c1cccc(Cc2cccc(-c3ccc(-c4ccc(C(=O)CCc5ccccc5)cc4)s3)c2)c1. The Morgan fingerprint density at radius 2 is 1.35 bits per heavy atom. The number of hydrogen-bond acceptors (Lipinski definition) is 3. The van der Waals surface area contributed by atoms with E-state index in [1.54, 1.807) is 18.3 Å². The van der Waals surface area contributed by atoms with Gasteiger partial charge in [-0.1, -0.05) is 103 Å². The zero-order valence-corrected chi connectivity index (χ0v) is 21.7. The van der Waals surface area contributed by atoms with Crippen molar-refractivity contribution in [3.05, 3.63) is 143 Å². The number of aliphatic hydroxyl groups is 1. The van der Waals surface area contributed by atoms with Crippen LogP contribution in [0, 0.1) is 0 Å². The molecule has 0 aliphatic heterocycles. The molecule has 1 N–H and O–H groups in total. The van der Waals surface area contributed by atoms with E-state index in [0.717, 1.165) is 29.5 Å². The molecule has 1 unspecified atom stereocenters. The lowest BCUT2D eigenvalue weighted by Gasteiger charge is -2.08. The summed E-state index contributed by atoms with van der Waals surface area (Å²) in [6.07, 6.45) is 1.65. The van der Waals surface area contributed by atoms with Crippen molar-refractivity contribution >= 4 is 17.1 Å². The van der Waals surface area contributed by atoms with E-state index in [9.17, 15) is 9.90 Å². The number of rotatable bonds is 9. The van der Waals surface area contributed by atoms with Crippen molar-refractivity contribution < 1.29 is 9.90 Å². The summed E-state index contributed by atoms with van der Waals surface area (Å²) >= 11 is 1.76. The Hall–Kier alpha value is -3.79. The molecule has 2 nitrogen and oxygen atoms in total. The van der Waals surface area contributed by atoms with Gasteiger partial charge in [0.2, 0.25) is 0 Å². The van der Waals surface area contributed by atoms with E-state index in [2.05, 4.69) is 72.8 Å². The lowest BCUT2D eigenvalue weighted by Crippen LogP contribution is -2.00. The van der Waals surface area contributed by atoms with Crippen LogP contribution >= 0.6 is 11.3 Å². The molecule has 0 spiro atoms. The Morgan fingerprint density at radius 3 is 2.08 bits per heavy atom. The van der Waals surface area contributed by atoms with Gasteiger partial charge >= 0.3 is 0 Å². The van der Waals surface area contributed by atoms with E-state index in [4.69, 9.17) is 0 Å². The molecule has 0 saturated carbocycles. The molecule has 184 valence electrons. The molecule has 1 heterocycles. The fourth-order valence-corrected chi connectivity index (χ4v) is 5.56. The second kappa shape index (κ2) is 11.5. The van der Waals surface area contributed by atoms with Gasteiger partial charge in [0.05, 0.1) is 6.10 Å². The minimum absolute atomic E-state index is 0.179. The number of aliphatic hydroxyl groups excluding tert-OH is 1. The predicted octanol–water partition coefficient (Wildman–Crippen LogP) is 8.54. The number of benzene rings is 4. The number of hydrogen-bond donors (Lipinski definition) is 1. The number of carbonyl (C=O) groups excluding carboxylic acids is 1. The molecule has 4 aromatic carbocycles. The molecular formula is C34H30O2S. The molecule has 0 bridgehead atoms. The van der Waals surface area contributed by atoms with Crippen molar-refractivity contribution in [2.24, 2.45) is 0 Å². The minimum atomic E-state index is -0.461. The van der Waals surface area contributed by atoms with Gasteiger partial charge in [-0.25, -0.2) is 0 Å². The number of Topliss-reactive ketones (excluding diaryl/α,β-unsaturated/α-hetero) is 1. The van der Waals surface area contributed by atoms with E-state index in [1.807, 2.05) is 42.5 Å². The Kier molecular flexibility index (Phi) is 7.74. The maximum atomic E-state index is 12.7. The quantitative estimate of drug-likeness (QED) is 0.205. The molecule has 37 heavy (non-hydrogen) atoms. The van der Waals surface area contributed by atoms with E-state index in [0.29, 0.717) is 6.42 Å². The Labute approximate surface area is 222 Å². The molecule has 3 heteroatoms. The van der Waals surface area contributed by atoms with Crippen LogP contribution < -0.4 is 0 Å². The van der Waals surface area contributed by atoms with Crippen LogP contribution in [-0.2, 0) is 12.8 Å². The lowest BCUT2D eigenvalue weighted by molar-refractivity contribution is 0.0983. The smallest absolute Gasteiger partial charge is 0.163 e. The topological polar surface area (TPSA) is 37.3 Å². The van der Waals surface area contributed by atoms with Gasteiger partial charge in [0, 0.05) is 21.7 Å². The second-order valence-electron chi connectivity index (χ2n) is 9.45. The molecule has 0 aliphatic rings. The molecule has 0 fully saturated rings. The molecule has 5 aromatic rings. The summed E-state index contributed by atoms with van der Waals surface area (Å²) in [4.78, 5) is 15.1. The third kappa shape index (κ3) is 6.32. The highest BCUT2D eigenvalue weighted by molar-refractivity contribution is 7.18. The van der Waals surface area contributed by atoms with E-state index in [-0.39, 0.29) is 5.78 Å². The Morgan fingerprint density at radius 1 is 0.703 bits per heavy atom. The van der Waals surface area contributed by atoms with Crippen molar-refractivity contribution in [1.82, 2.24) is 0 Å². The highest BCUT2D eigenvalue weighted by atomic mass is 32.1.